The van der Waals surface area contributed by atoms with Crippen molar-refractivity contribution in [3.63, 3.8) is 0 Å². The van der Waals surface area contributed by atoms with E-state index in [1.54, 1.807) is 0 Å². The van der Waals surface area contributed by atoms with E-state index in [-0.39, 0.29) is 29.9 Å². The SMILES string of the molecule is CCNC(=NCc1ccc(N2CCNC(=O)C2)cc1)NC1CC(C)N(Cc2ccccc2)C1.I. The lowest BCUT2D eigenvalue weighted by atomic mass is 10.2. The molecule has 184 valence electrons. The summed E-state index contributed by atoms with van der Waals surface area (Å²) in [6.45, 7) is 9.82. The normalized spacial score (nSPS) is 21.1. The standard InChI is InChI=1S/C26H36N6O.HI/c1-3-27-26(30-23-15-20(2)32(18-23)17-22-7-5-4-6-8-22)29-16-21-9-11-24(12-10-21)31-14-13-28-25(33)19-31;/h4-12,20,23H,3,13-19H2,1-2H3,(H,28,33)(H2,27,29,30);1H. The molecule has 8 heteroatoms. The largest absolute Gasteiger partial charge is 0.360 e. The van der Waals surface area contributed by atoms with Crippen molar-refractivity contribution in [2.45, 2.75) is 45.4 Å². The van der Waals surface area contributed by atoms with Gasteiger partial charge in [-0.2, -0.15) is 0 Å². The van der Waals surface area contributed by atoms with Crippen LogP contribution in [-0.4, -0.2) is 61.6 Å². The van der Waals surface area contributed by atoms with Crippen molar-refractivity contribution in [3.05, 3.63) is 65.7 Å². The molecule has 2 saturated heterocycles. The molecule has 34 heavy (non-hydrogen) atoms. The fourth-order valence-corrected chi connectivity index (χ4v) is 4.60. The lowest BCUT2D eigenvalue weighted by molar-refractivity contribution is -0.120. The maximum atomic E-state index is 11.6. The number of amides is 1. The van der Waals surface area contributed by atoms with Crippen molar-refractivity contribution < 1.29 is 4.79 Å². The highest BCUT2D eigenvalue weighted by Crippen LogP contribution is 2.20. The summed E-state index contributed by atoms with van der Waals surface area (Å²) >= 11 is 0. The van der Waals surface area contributed by atoms with E-state index in [0.717, 1.165) is 49.8 Å². The Balaban J connectivity index is 0.00000324. The van der Waals surface area contributed by atoms with Crippen molar-refractivity contribution in [2.75, 3.05) is 37.6 Å². The Morgan fingerprint density at radius 2 is 1.88 bits per heavy atom. The summed E-state index contributed by atoms with van der Waals surface area (Å²) in [5.74, 6) is 0.952. The number of nitrogens with zero attached hydrogens (tertiary/aromatic N) is 3. The third-order valence-electron chi connectivity index (χ3n) is 6.38. The molecule has 2 aromatic carbocycles. The van der Waals surface area contributed by atoms with Crippen molar-refractivity contribution >= 4 is 41.5 Å². The predicted molar refractivity (Wildman–Crippen MR) is 150 cm³/mol. The smallest absolute Gasteiger partial charge is 0.239 e. The lowest BCUT2D eigenvalue weighted by Crippen LogP contribution is -2.47. The highest BCUT2D eigenvalue weighted by molar-refractivity contribution is 14.0. The number of aliphatic imine (C=N–C) groups is 1. The number of benzene rings is 2. The highest BCUT2D eigenvalue weighted by atomic mass is 127. The molecule has 0 bridgehead atoms. The van der Waals surface area contributed by atoms with Gasteiger partial charge in [-0.3, -0.25) is 9.69 Å². The van der Waals surface area contributed by atoms with Crippen LogP contribution in [0.3, 0.4) is 0 Å². The maximum absolute atomic E-state index is 11.6. The zero-order valence-corrected chi connectivity index (χ0v) is 22.5. The number of carbonyl (C=O) groups is 1. The molecule has 0 aliphatic carbocycles. The van der Waals surface area contributed by atoms with E-state index in [0.29, 0.717) is 31.7 Å². The van der Waals surface area contributed by atoms with Gasteiger partial charge in [-0.05, 0) is 43.5 Å². The van der Waals surface area contributed by atoms with Crippen LogP contribution in [0.15, 0.2) is 59.6 Å². The van der Waals surface area contributed by atoms with Gasteiger partial charge in [0, 0.05) is 50.5 Å². The van der Waals surface area contributed by atoms with E-state index in [9.17, 15) is 4.79 Å². The molecule has 0 aromatic heterocycles. The number of piperazine rings is 1. The number of hydrogen-bond donors (Lipinski definition) is 3. The molecule has 2 unspecified atom stereocenters. The van der Waals surface area contributed by atoms with Crippen LogP contribution in [0.2, 0.25) is 0 Å². The first-order valence-corrected chi connectivity index (χ1v) is 12.0. The van der Waals surface area contributed by atoms with Crippen LogP contribution in [0.5, 0.6) is 0 Å². The molecule has 0 spiro atoms. The summed E-state index contributed by atoms with van der Waals surface area (Å²) in [4.78, 5) is 21.1. The van der Waals surface area contributed by atoms with Crippen LogP contribution in [0.25, 0.3) is 0 Å². The first-order chi connectivity index (χ1) is 16.1. The van der Waals surface area contributed by atoms with Crippen molar-refractivity contribution in [1.29, 1.82) is 0 Å². The Morgan fingerprint density at radius 3 is 2.59 bits per heavy atom. The van der Waals surface area contributed by atoms with Crippen molar-refractivity contribution in [3.8, 4) is 0 Å². The summed E-state index contributed by atoms with van der Waals surface area (Å²) in [6, 6.07) is 20.0. The minimum absolute atomic E-state index is 0. The Kier molecular flexibility index (Phi) is 10.0. The summed E-state index contributed by atoms with van der Waals surface area (Å²) in [5, 5.41) is 9.91. The maximum Gasteiger partial charge on any atom is 0.239 e. The molecule has 0 radical (unpaired) electrons. The van der Waals surface area contributed by atoms with Gasteiger partial charge in [-0.15, -0.1) is 24.0 Å². The number of halogens is 1. The van der Waals surface area contributed by atoms with Crippen molar-refractivity contribution in [2.24, 2.45) is 4.99 Å². The minimum atomic E-state index is 0. The monoisotopic (exact) mass is 576 g/mol. The molecule has 7 nitrogen and oxygen atoms in total. The molecule has 2 heterocycles. The van der Waals surface area contributed by atoms with Gasteiger partial charge in [0.2, 0.25) is 5.91 Å². The first-order valence-electron chi connectivity index (χ1n) is 12.0. The van der Waals surface area contributed by atoms with Crippen LogP contribution in [0.1, 0.15) is 31.4 Å². The molecule has 3 N–H and O–H groups in total. The van der Waals surface area contributed by atoms with E-state index in [2.05, 4.69) is 94.2 Å². The molecule has 2 fully saturated rings. The highest BCUT2D eigenvalue weighted by Gasteiger charge is 2.29. The fraction of sp³-hybridized carbons (Fsp3) is 0.462. The number of hydrogen-bond acceptors (Lipinski definition) is 4. The fourth-order valence-electron chi connectivity index (χ4n) is 4.60. The molecule has 0 saturated carbocycles. The molecular weight excluding hydrogens is 539 g/mol. The van der Waals surface area contributed by atoms with E-state index in [1.807, 2.05) is 0 Å². The van der Waals surface area contributed by atoms with E-state index in [4.69, 9.17) is 4.99 Å². The van der Waals surface area contributed by atoms with Crippen LogP contribution >= 0.6 is 24.0 Å². The number of nitrogens with one attached hydrogen (secondary N) is 3. The topological polar surface area (TPSA) is 72.0 Å². The predicted octanol–water partition coefficient (Wildman–Crippen LogP) is 2.96. The number of carbonyl (C=O) groups excluding carboxylic acids is 1. The minimum Gasteiger partial charge on any atom is -0.360 e. The van der Waals surface area contributed by atoms with Gasteiger partial charge in [0.05, 0.1) is 13.1 Å². The molecule has 1 amide bonds. The average molecular weight is 577 g/mol. The van der Waals surface area contributed by atoms with E-state index >= 15 is 0 Å². The Bertz CT molecular complexity index is 936. The summed E-state index contributed by atoms with van der Waals surface area (Å²) in [6.07, 6.45) is 1.11. The van der Waals surface area contributed by atoms with Crippen LogP contribution in [0, 0.1) is 0 Å². The van der Waals surface area contributed by atoms with Gasteiger partial charge in [-0.25, -0.2) is 4.99 Å². The van der Waals surface area contributed by atoms with Gasteiger partial charge in [0.25, 0.3) is 0 Å². The second kappa shape index (κ2) is 12.9. The van der Waals surface area contributed by atoms with Gasteiger partial charge in [-0.1, -0.05) is 42.5 Å². The van der Waals surface area contributed by atoms with Crippen LogP contribution in [-0.2, 0) is 17.9 Å². The summed E-state index contributed by atoms with van der Waals surface area (Å²) in [7, 11) is 0. The summed E-state index contributed by atoms with van der Waals surface area (Å²) in [5.41, 5.74) is 3.60. The van der Waals surface area contributed by atoms with Crippen molar-refractivity contribution in [1.82, 2.24) is 20.9 Å². The third kappa shape index (κ3) is 7.33. The Hall–Kier alpha value is -2.33. The van der Waals surface area contributed by atoms with Crippen LogP contribution < -0.4 is 20.9 Å². The third-order valence-corrected chi connectivity index (χ3v) is 6.38. The quantitative estimate of drug-likeness (QED) is 0.269. The van der Waals surface area contributed by atoms with E-state index in [1.165, 1.54) is 5.56 Å². The second-order valence-electron chi connectivity index (χ2n) is 8.97. The molecule has 2 aromatic rings. The van der Waals surface area contributed by atoms with Gasteiger partial charge < -0.3 is 20.9 Å². The van der Waals surface area contributed by atoms with Gasteiger partial charge in [0.1, 0.15) is 0 Å². The molecular formula is C26H37IN6O. The Morgan fingerprint density at radius 1 is 1.12 bits per heavy atom. The van der Waals surface area contributed by atoms with Crippen LogP contribution in [0.4, 0.5) is 5.69 Å². The number of likely N-dealkylation sites (tertiary alicyclic amines) is 1. The average Bonchev–Trinajstić information content (AvgIpc) is 3.17. The summed E-state index contributed by atoms with van der Waals surface area (Å²) < 4.78 is 0. The Labute approximate surface area is 220 Å². The molecule has 4 rings (SSSR count). The number of rotatable bonds is 7. The van der Waals surface area contributed by atoms with E-state index < -0.39 is 0 Å². The van der Waals surface area contributed by atoms with Gasteiger partial charge in [0.15, 0.2) is 5.96 Å². The second-order valence-corrected chi connectivity index (χ2v) is 8.97. The lowest BCUT2D eigenvalue weighted by Gasteiger charge is -2.28. The molecule has 2 atom stereocenters. The first kappa shape index (κ1) is 26.3. The number of guanidine groups is 1. The zero-order valence-electron chi connectivity index (χ0n) is 20.2. The van der Waals surface area contributed by atoms with Gasteiger partial charge >= 0.3 is 0 Å². The zero-order chi connectivity index (χ0) is 23.0. The number of anilines is 1. The molecule has 2 aliphatic heterocycles. The molecule has 2 aliphatic rings.